The molecule has 1 fully saturated rings. The van der Waals surface area contributed by atoms with Crippen LogP contribution in [0.3, 0.4) is 0 Å². The molecular formula is C25H30N4. The van der Waals surface area contributed by atoms with Crippen LogP contribution in [0.2, 0.25) is 0 Å². The number of rotatable bonds is 5. The second-order valence-corrected chi connectivity index (χ2v) is 8.59. The lowest BCUT2D eigenvalue weighted by atomic mass is 10.0. The quantitative estimate of drug-likeness (QED) is 0.724. The van der Waals surface area contributed by atoms with Gasteiger partial charge in [0.25, 0.3) is 0 Å². The van der Waals surface area contributed by atoms with E-state index in [-0.39, 0.29) is 0 Å². The molecule has 0 bridgehead atoms. The van der Waals surface area contributed by atoms with Crippen LogP contribution in [0.4, 0.5) is 0 Å². The molecule has 5 rings (SSSR count). The Hall–Kier alpha value is -2.43. The van der Waals surface area contributed by atoms with Gasteiger partial charge in [-0.3, -0.25) is 9.58 Å². The number of aromatic nitrogens is 2. The van der Waals surface area contributed by atoms with Crippen molar-refractivity contribution in [1.82, 2.24) is 20.0 Å². The lowest BCUT2D eigenvalue weighted by molar-refractivity contribution is 0.140. The van der Waals surface area contributed by atoms with E-state index in [0.717, 1.165) is 18.8 Å². The number of nitrogens with one attached hydrogen (secondary N) is 1. The molecule has 0 amide bonds. The zero-order valence-corrected chi connectivity index (χ0v) is 17.2. The summed E-state index contributed by atoms with van der Waals surface area (Å²) < 4.78 is 1.93. The Labute approximate surface area is 173 Å². The minimum absolute atomic E-state index is 0.552. The van der Waals surface area contributed by atoms with Gasteiger partial charge in [0.15, 0.2) is 0 Å². The van der Waals surface area contributed by atoms with Crippen LogP contribution in [-0.4, -0.2) is 39.9 Å². The molecular weight excluding hydrogens is 356 g/mol. The molecule has 0 radical (unpaired) electrons. The van der Waals surface area contributed by atoms with E-state index in [1.165, 1.54) is 43.4 Å². The molecule has 150 valence electrons. The molecule has 0 unspecified atom stereocenters. The van der Waals surface area contributed by atoms with E-state index in [1.54, 1.807) is 11.1 Å². The van der Waals surface area contributed by atoms with E-state index in [0.29, 0.717) is 12.1 Å². The van der Waals surface area contributed by atoms with E-state index in [4.69, 9.17) is 5.10 Å². The van der Waals surface area contributed by atoms with Gasteiger partial charge in [-0.1, -0.05) is 54.6 Å². The Morgan fingerprint density at radius 1 is 1.00 bits per heavy atom. The van der Waals surface area contributed by atoms with Crippen molar-refractivity contribution in [2.24, 2.45) is 7.05 Å². The second-order valence-electron chi connectivity index (χ2n) is 8.59. The Kier molecular flexibility index (Phi) is 5.21. The highest BCUT2D eigenvalue weighted by molar-refractivity contribution is 5.62. The first kappa shape index (κ1) is 18.6. The largest absolute Gasteiger partial charge is 0.309 e. The monoisotopic (exact) mass is 386 g/mol. The maximum atomic E-state index is 4.71. The van der Waals surface area contributed by atoms with Gasteiger partial charge in [-0.05, 0) is 43.4 Å². The maximum absolute atomic E-state index is 4.71. The summed E-state index contributed by atoms with van der Waals surface area (Å²) in [7, 11) is 2.01. The molecule has 1 aliphatic heterocycles. The van der Waals surface area contributed by atoms with Gasteiger partial charge in [-0.2, -0.15) is 5.10 Å². The first-order valence-electron chi connectivity index (χ1n) is 10.9. The van der Waals surface area contributed by atoms with E-state index < -0.39 is 0 Å². The Morgan fingerprint density at radius 2 is 1.72 bits per heavy atom. The number of nitrogens with zero attached hydrogens (tertiary/aromatic N) is 3. The van der Waals surface area contributed by atoms with Crippen molar-refractivity contribution in [3.05, 3.63) is 77.5 Å². The van der Waals surface area contributed by atoms with Crippen LogP contribution in [0.5, 0.6) is 0 Å². The molecule has 4 heteroatoms. The average Bonchev–Trinajstić information content (AvgIpc) is 3.36. The van der Waals surface area contributed by atoms with E-state index in [2.05, 4.69) is 71.0 Å². The molecule has 1 N–H and O–H groups in total. The standard InChI is InChI=1S/C25H30N4/c1-28-17-22(25(27-28)19-8-3-2-4-9-19)16-26-23-12-7-13-29(18-23)24-14-20-10-5-6-11-21(20)15-24/h2-6,8-11,17,23-24,26H,7,12-16,18H2,1H3/t23-/m0/s1. The second kappa shape index (κ2) is 8.13. The minimum atomic E-state index is 0.552. The molecule has 1 aromatic heterocycles. The highest BCUT2D eigenvalue weighted by atomic mass is 15.3. The predicted octanol–water partition coefficient (Wildman–Crippen LogP) is 3.81. The molecule has 4 nitrogen and oxygen atoms in total. The van der Waals surface area contributed by atoms with Crippen LogP contribution in [0, 0.1) is 0 Å². The van der Waals surface area contributed by atoms with Crippen molar-refractivity contribution < 1.29 is 0 Å². The van der Waals surface area contributed by atoms with Gasteiger partial charge in [-0.25, -0.2) is 0 Å². The summed E-state index contributed by atoms with van der Waals surface area (Å²) in [6.07, 6.45) is 7.12. The fourth-order valence-corrected chi connectivity index (χ4v) is 5.06. The molecule has 2 aromatic carbocycles. The van der Waals surface area contributed by atoms with Crippen LogP contribution >= 0.6 is 0 Å². The molecule has 0 saturated carbocycles. The van der Waals surface area contributed by atoms with Crippen LogP contribution in [0.25, 0.3) is 11.3 Å². The number of hydrogen-bond donors (Lipinski definition) is 1. The summed E-state index contributed by atoms with van der Waals surface area (Å²) >= 11 is 0. The van der Waals surface area contributed by atoms with E-state index >= 15 is 0 Å². The first-order valence-corrected chi connectivity index (χ1v) is 10.9. The summed E-state index contributed by atoms with van der Waals surface area (Å²) in [4.78, 5) is 2.72. The molecule has 2 aliphatic rings. The van der Waals surface area contributed by atoms with Crippen molar-refractivity contribution in [1.29, 1.82) is 0 Å². The highest BCUT2D eigenvalue weighted by Crippen LogP contribution is 2.28. The third-order valence-electron chi connectivity index (χ3n) is 6.53. The van der Waals surface area contributed by atoms with Gasteiger partial charge in [0.05, 0.1) is 5.69 Å². The smallest absolute Gasteiger partial charge is 0.0967 e. The van der Waals surface area contributed by atoms with Crippen LogP contribution in [0.15, 0.2) is 60.8 Å². The number of likely N-dealkylation sites (tertiary alicyclic amines) is 1. The van der Waals surface area contributed by atoms with Gasteiger partial charge < -0.3 is 5.32 Å². The van der Waals surface area contributed by atoms with Gasteiger partial charge in [0.2, 0.25) is 0 Å². The number of piperidine rings is 1. The maximum Gasteiger partial charge on any atom is 0.0967 e. The molecule has 1 aliphatic carbocycles. The fourth-order valence-electron chi connectivity index (χ4n) is 5.06. The topological polar surface area (TPSA) is 33.1 Å². The number of fused-ring (bicyclic) bond motifs is 1. The summed E-state index contributed by atoms with van der Waals surface area (Å²) in [6, 6.07) is 20.7. The van der Waals surface area contributed by atoms with Crippen LogP contribution in [0.1, 0.15) is 29.5 Å². The molecule has 1 atom stereocenters. The predicted molar refractivity (Wildman–Crippen MR) is 118 cm³/mol. The Balaban J connectivity index is 1.22. The lowest BCUT2D eigenvalue weighted by Gasteiger charge is -2.37. The lowest BCUT2D eigenvalue weighted by Crippen LogP contribution is -2.49. The summed E-state index contributed by atoms with van der Waals surface area (Å²) in [5, 5.41) is 8.55. The Bertz CT molecular complexity index is 937. The molecule has 3 aromatic rings. The molecule has 0 spiro atoms. The molecule has 1 saturated heterocycles. The average molecular weight is 387 g/mol. The van der Waals surface area contributed by atoms with Crippen molar-refractivity contribution in [3.63, 3.8) is 0 Å². The van der Waals surface area contributed by atoms with E-state index in [1.807, 2.05) is 11.7 Å². The van der Waals surface area contributed by atoms with Crippen molar-refractivity contribution in [2.75, 3.05) is 13.1 Å². The number of benzene rings is 2. The highest BCUT2D eigenvalue weighted by Gasteiger charge is 2.30. The van der Waals surface area contributed by atoms with Crippen LogP contribution in [-0.2, 0) is 26.4 Å². The van der Waals surface area contributed by atoms with Gasteiger partial charge in [-0.15, -0.1) is 0 Å². The summed E-state index contributed by atoms with van der Waals surface area (Å²) in [6.45, 7) is 3.26. The summed E-state index contributed by atoms with van der Waals surface area (Å²) in [5.74, 6) is 0. The van der Waals surface area contributed by atoms with Gasteiger partial charge >= 0.3 is 0 Å². The minimum Gasteiger partial charge on any atom is -0.309 e. The molecule has 2 heterocycles. The zero-order valence-electron chi connectivity index (χ0n) is 17.2. The third-order valence-corrected chi connectivity index (χ3v) is 6.53. The van der Waals surface area contributed by atoms with E-state index in [9.17, 15) is 0 Å². The SMILES string of the molecule is Cn1cc(CN[C@H]2CCCN(C3Cc4ccccc4C3)C2)c(-c2ccccc2)n1. The Morgan fingerprint density at radius 3 is 2.48 bits per heavy atom. The summed E-state index contributed by atoms with van der Waals surface area (Å²) in [5.41, 5.74) is 6.67. The number of hydrogen-bond acceptors (Lipinski definition) is 3. The van der Waals surface area contributed by atoms with Crippen molar-refractivity contribution >= 4 is 0 Å². The molecule has 29 heavy (non-hydrogen) atoms. The number of aryl methyl sites for hydroxylation is 1. The normalized spacial score (nSPS) is 20.1. The first-order chi connectivity index (χ1) is 14.3. The van der Waals surface area contributed by atoms with Crippen LogP contribution < -0.4 is 5.32 Å². The van der Waals surface area contributed by atoms with Crippen molar-refractivity contribution in [3.8, 4) is 11.3 Å². The van der Waals surface area contributed by atoms with Gasteiger partial charge in [0.1, 0.15) is 0 Å². The fraction of sp³-hybridized carbons (Fsp3) is 0.400. The zero-order chi connectivity index (χ0) is 19.6. The van der Waals surface area contributed by atoms with Crippen molar-refractivity contribution in [2.45, 2.75) is 44.3 Å². The van der Waals surface area contributed by atoms with Gasteiger partial charge in [0, 0.05) is 49.5 Å². The third kappa shape index (κ3) is 4.00.